The number of esters is 1. The van der Waals surface area contributed by atoms with Gasteiger partial charge in [0.15, 0.2) is 27.9 Å². The van der Waals surface area contributed by atoms with E-state index in [0.717, 1.165) is 31.2 Å². The monoisotopic (exact) mass is 495 g/mol. The molecular weight excluding hydrogens is 458 g/mol. The Balaban J connectivity index is 1.95. The Bertz CT molecular complexity index is 943. The first-order chi connectivity index (χ1) is 16.3. The molecule has 0 aliphatic carbocycles. The van der Waals surface area contributed by atoms with E-state index >= 15 is 0 Å². The van der Waals surface area contributed by atoms with Crippen molar-refractivity contribution in [2.24, 2.45) is 0 Å². The lowest BCUT2D eigenvalue weighted by molar-refractivity contribution is -0.149. The van der Waals surface area contributed by atoms with Gasteiger partial charge in [0.1, 0.15) is 0 Å². The molecule has 1 aliphatic rings. The average Bonchev–Trinajstić information content (AvgIpc) is 3.17. The number of carbonyl (C=O) groups excluding carboxylic acids is 2. The Labute approximate surface area is 203 Å². The molecule has 190 valence electrons. The van der Waals surface area contributed by atoms with Crippen molar-refractivity contribution in [3.63, 3.8) is 0 Å². The lowest BCUT2D eigenvalue weighted by atomic mass is 10.2. The fourth-order valence-electron chi connectivity index (χ4n) is 3.63. The molecule has 1 atom stereocenters. The van der Waals surface area contributed by atoms with E-state index in [1.807, 2.05) is 19.9 Å². The molecule has 1 aromatic rings. The second-order valence-corrected chi connectivity index (χ2v) is 10.5. The average molecular weight is 496 g/mol. The van der Waals surface area contributed by atoms with E-state index in [-0.39, 0.29) is 23.5 Å². The highest BCUT2D eigenvalue weighted by Gasteiger charge is 2.34. The van der Waals surface area contributed by atoms with Gasteiger partial charge in [-0.15, -0.1) is 0 Å². The third-order valence-corrected chi connectivity index (χ3v) is 7.25. The summed E-state index contributed by atoms with van der Waals surface area (Å²) in [5, 5.41) is 0. The van der Waals surface area contributed by atoms with Gasteiger partial charge in [0, 0.05) is 18.7 Å². The Morgan fingerprint density at radius 3 is 2.50 bits per heavy atom. The Morgan fingerprint density at radius 2 is 1.85 bits per heavy atom. The molecule has 1 heterocycles. The van der Waals surface area contributed by atoms with E-state index in [0.29, 0.717) is 37.7 Å². The van der Waals surface area contributed by atoms with Crippen LogP contribution in [0, 0.1) is 0 Å². The summed E-state index contributed by atoms with van der Waals surface area (Å²) < 4.78 is 40.2. The van der Waals surface area contributed by atoms with Gasteiger partial charge in [-0.25, -0.2) is 13.2 Å². The Hall–Kier alpha value is -2.55. The molecule has 1 unspecified atom stereocenters. The maximum atomic E-state index is 12.7. The highest BCUT2D eigenvalue weighted by atomic mass is 32.2. The van der Waals surface area contributed by atoms with Crippen LogP contribution in [0.1, 0.15) is 58.4 Å². The highest BCUT2D eigenvalue weighted by Crippen LogP contribution is 2.29. The molecule has 1 fully saturated rings. The molecule has 0 saturated carbocycles. The Morgan fingerprint density at radius 1 is 1.09 bits per heavy atom. The minimum absolute atomic E-state index is 0.0311. The van der Waals surface area contributed by atoms with Crippen LogP contribution in [0.2, 0.25) is 0 Å². The van der Waals surface area contributed by atoms with E-state index in [2.05, 4.69) is 6.92 Å². The number of hydrogen-bond acceptors (Lipinski definition) is 7. The minimum Gasteiger partial charge on any atom is -0.490 e. The predicted octanol–water partition coefficient (Wildman–Crippen LogP) is 3.64. The second kappa shape index (κ2) is 14.0. The largest absolute Gasteiger partial charge is 0.490 e. The van der Waals surface area contributed by atoms with Crippen molar-refractivity contribution < 1.29 is 32.2 Å². The van der Waals surface area contributed by atoms with E-state index in [9.17, 15) is 18.0 Å². The fourth-order valence-corrected chi connectivity index (χ4v) is 5.36. The predicted molar refractivity (Wildman–Crippen MR) is 132 cm³/mol. The highest BCUT2D eigenvalue weighted by molar-refractivity contribution is 7.91. The summed E-state index contributed by atoms with van der Waals surface area (Å²) in [5.74, 6) is 0.288. The van der Waals surface area contributed by atoms with Crippen molar-refractivity contribution in [2.45, 2.75) is 58.9 Å². The molecule has 0 radical (unpaired) electrons. The van der Waals surface area contributed by atoms with E-state index in [4.69, 9.17) is 14.2 Å². The summed E-state index contributed by atoms with van der Waals surface area (Å²) in [6.07, 6.45) is 6.88. The van der Waals surface area contributed by atoms with Crippen LogP contribution in [0.5, 0.6) is 11.5 Å². The van der Waals surface area contributed by atoms with Gasteiger partial charge in [-0.2, -0.15) is 0 Å². The van der Waals surface area contributed by atoms with Crippen LogP contribution in [-0.2, 0) is 24.2 Å². The number of hydrogen-bond donors (Lipinski definition) is 0. The molecular formula is C25H37NO7S. The molecule has 0 spiro atoms. The standard InChI is InChI=1S/C25H37NO7S/c1-4-7-14-26(21-13-16-34(29,30)19-21)24(27)18-33-25(28)12-10-20-9-11-22(32-15-8-5-2)23(17-20)31-6-3/h9-12,17,21H,4-8,13-16,18-19H2,1-3H3/b12-10+. The molecule has 0 N–H and O–H groups in total. The van der Waals surface area contributed by atoms with Gasteiger partial charge in [0.05, 0.1) is 24.7 Å². The van der Waals surface area contributed by atoms with Crippen molar-refractivity contribution in [3.05, 3.63) is 29.8 Å². The number of sulfone groups is 1. The minimum atomic E-state index is -3.12. The first-order valence-corrected chi connectivity index (χ1v) is 13.9. The van der Waals surface area contributed by atoms with Crippen LogP contribution < -0.4 is 9.47 Å². The molecule has 0 bridgehead atoms. The lowest BCUT2D eigenvalue weighted by Gasteiger charge is -2.28. The number of nitrogens with zero attached hydrogens (tertiary/aromatic N) is 1. The Kier molecular flexibility index (Phi) is 11.4. The normalized spacial score (nSPS) is 17.0. The molecule has 1 aromatic carbocycles. The molecule has 8 nitrogen and oxygen atoms in total. The lowest BCUT2D eigenvalue weighted by Crippen LogP contribution is -2.43. The van der Waals surface area contributed by atoms with Crippen LogP contribution in [0.3, 0.4) is 0 Å². The van der Waals surface area contributed by atoms with Crippen molar-refractivity contribution in [1.29, 1.82) is 0 Å². The van der Waals surface area contributed by atoms with Crippen LogP contribution in [0.15, 0.2) is 24.3 Å². The topological polar surface area (TPSA) is 99.2 Å². The zero-order valence-corrected chi connectivity index (χ0v) is 21.3. The molecule has 2 rings (SSSR count). The summed E-state index contributed by atoms with van der Waals surface area (Å²) in [6.45, 7) is 7.10. The molecule has 1 amide bonds. The van der Waals surface area contributed by atoms with Gasteiger partial charge >= 0.3 is 5.97 Å². The van der Waals surface area contributed by atoms with Crippen molar-refractivity contribution in [1.82, 2.24) is 4.90 Å². The van der Waals surface area contributed by atoms with Crippen molar-refractivity contribution >= 4 is 27.8 Å². The summed E-state index contributed by atoms with van der Waals surface area (Å²) in [4.78, 5) is 26.4. The quantitative estimate of drug-likeness (QED) is 0.221. The smallest absolute Gasteiger partial charge is 0.331 e. The first-order valence-electron chi connectivity index (χ1n) is 12.0. The summed E-state index contributed by atoms with van der Waals surface area (Å²) in [6, 6.07) is 5.04. The van der Waals surface area contributed by atoms with Crippen LogP contribution in [0.25, 0.3) is 6.08 Å². The van der Waals surface area contributed by atoms with E-state index < -0.39 is 22.4 Å². The van der Waals surface area contributed by atoms with Crippen molar-refractivity contribution in [2.75, 3.05) is 37.9 Å². The van der Waals surface area contributed by atoms with Gasteiger partial charge in [0.25, 0.3) is 5.91 Å². The van der Waals surface area contributed by atoms with Crippen LogP contribution in [0.4, 0.5) is 0 Å². The van der Waals surface area contributed by atoms with E-state index in [1.54, 1.807) is 23.1 Å². The summed E-state index contributed by atoms with van der Waals surface area (Å²) in [5.41, 5.74) is 0.732. The van der Waals surface area contributed by atoms with Gasteiger partial charge < -0.3 is 19.1 Å². The molecule has 34 heavy (non-hydrogen) atoms. The fraction of sp³-hybridized carbons (Fsp3) is 0.600. The zero-order valence-electron chi connectivity index (χ0n) is 20.5. The van der Waals surface area contributed by atoms with Gasteiger partial charge in [-0.05, 0) is 50.0 Å². The molecule has 1 aliphatic heterocycles. The second-order valence-electron chi connectivity index (χ2n) is 8.28. The van der Waals surface area contributed by atoms with Crippen LogP contribution in [-0.4, -0.2) is 69.1 Å². The molecule has 1 saturated heterocycles. The SMILES string of the molecule is CCCCOc1ccc(/C=C/C(=O)OCC(=O)N(CCCC)C2CCS(=O)(=O)C2)cc1OCC. The number of benzene rings is 1. The number of ether oxygens (including phenoxy) is 3. The van der Waals surface area contributed by atoms with E-state index in [1.165, 1.54) is 6.08 Å². The third kappa shape index (κ3) is 9.00. The number of unbranched alkanes of at least 4 members (excludes halogenated alkanes) is 2. The third-order valence-electron chi connectivity index (χ3n) is 5.49. The number of amides is 1. The maximum Gasteiger partial charge on any atom is 0.331 e. The number of carbonyl (C=O) groups is 2. The van der Waals surface area contributed by atoms with Crippen LogP contribution >= 0.6 is 0 Å². The molecule has 0 aromatic heterocycles. The number of rotatable bonds is 14. The van der Waals surface area contributed by atoms with Gasteiger partial charge in [0.2, 0.25) is 0 Å². The maximum absolute atomic E-state index is 12.7. The zero-order chi connectivity index (χ0) is 25.0. The van der Waals surface area contributed by atoms with Gasteiger partial charge in [-0.1, -0.05) is 32.8 Å². The summed E-state index contributed by atoms with van der Waals surface area (Å²) >= 11 is 0. The molecule has 9 heteroatoms. The summed E-state index contributed by atoms with van der Waals surface area (Å²) in [7, 11) is -3.12. The van der Waals surface area contributed by atoms with Gasteiger partial charge in [-0.3, -0.25) is 4.79 Å². The first kappa shape index (κ1) is 27.7. The van der Waals surface area contributed by atoms with Crippen molar-refractivity contribution in [3.8, 4) is 11.5 Å².